The SMILES string of the molecule is FC(F)(F)c1ccc(-c2cccn2C2CCCCC2)cc1. The van der Waals surface area contributed by atoms with Gasteiger partial charge in [-0.3, -0.25) is 0 Å². The third-order valence-electron chi connectivity index (χ3n) is 4.26. The molecule has 0 aliphatic heterocycles. The van der Waals surface area contributed by atoms with Crippen molar-refractivity contribution in [2.24, 2.45) is 0 Å². The second kappa shape index (κ2) is 5.58. The highest BCUT2D eigenvalue weighted by atomic mass is 19.4. The monoisotopic (exact) mass is 293 g/mol. The first-order valence-electron chi connectivity index (χ1n) is 7.40. The van der Waals surface area contributed by atoms with Crippen molar-refractivity contribution in [2.45, 2.75) is 44.3 Å². The lowest BCUT2D eigenvalue weighted by molar-refractivity contribution is -0.137. The molecule has 4 heteroatoms. The van der Waals surface area contributed by atoms with Gasteiger partial charge in [0.05, 0.1) is 5.56 Å². The van der Waals surface area contributed by atoms with Crippen molar-refractivity contribution in [1.82, 2.24) is 4.57 Å². The van der Waals surface area contributed by atoms with E-state index in [1.807, 2.05) is 18.3 Å². The van der Waals surface area contributed by atoms with Gasteiger partial charge < -0.3 is 4.57 Å². The van der Waals surface area contributed by atoms with Crippen molar-refractivity contribution < 1.29 is 13.2 Å². The fourth-order valence-electron chi connectivity index (χ4n) is 3.15. The molecular formula is C17H18F3N. The molecule has 1 aromatic carbocycles. The topological polar surface area (TPSA) is 4.93 Å². The minimum Gasteiger partial charge on any atom is -0.344 e. The van der Waals surface area contributed by atoms with E-state index in [0.29, 0.717) is 6.04 Å². The predicted octanol–water partition coefficient (Wildman–Crippen LogP) is 5.68. The van der Waals surface area contributed by atoms with Gasteiger partial charge >= 0.3 is 6.18 Å². The number of aromatic nitrogens is 1. The lowest BCUT2D eigenvalue weighted by Crippen LogP contribution is -2.12. The molecule has 0 saturated heterocycles. The van der Waals surface area contributed by atoms with Gasteiger partial charge in [-0.05, 0) is 42.7 Å². The fraction of sp³-hybridized carbons (Fsp3) is 0.412. The Morgan fingerprint density at radius 3 is 2.19 bits per heavy atom. The smallest absolute Gasteiger partial charge is 0.344 e. The van der Waals surface area contributed by atoms with Crippen LogP contribution in [0.15, 0.2) is 42.6 Å². The lowest BCUT2D eigenvalue weighted by Gasteiger charge is -2.25. The standard InChI is InChI=1S/C17H18F3N/c18-17(19,20)14-10-8-13(9-11-14)16-7-4-12-21(16)15-5-2-1-3-6-15/h4,7-12,15H,1-3,5-6H2. The van der Waals surface area contributed by atoms with Crippen molar-refractivity contribution >= 4 is 0 Å². The summed E-state index contributed by atoms with van der Waals surface area (Å²) in [6.07, 6.45) is 3.83. The number of hydrogen-bond acceptors (Lipinski definition) is 0. The molecule has 0 bridgehead atoms. The van der Waals surface area contributed by atoms with Crippen molar-refractivity contribution in [3.8, 4) is 11.3 Å². The molecule has 1 fully saturated rings. The number of rotatable bonds is 2. The predicted molar refractivity (Wildman–Crippen MR) is 77.0 cm³/mol. The van der Waals surface area contributed by atoms with Crippen molar-refractivity contribution in [3.05, 3.63) is 48.2 Å². The van der Waals surface area contributed by atoms with E-state index in [-0.39, 0.29) is 0 Å². The Bertz CT molecular complexity index is 589. The van der Waals surface area contributed by atoms with Gasteiger partial charge in [0.15, 0.2) is 0 Å². The summed E-state index contributed by atoms with van der Waals surface area (Å²) in [4.78, 5) is 0. The summed E-state index contributed by atoms with van der Waals surface area (Å²) in [5.74, 6) is 0. The number of alkyl halides is 3. The summed E-state index contributed by atoms with van der Waals surface area (Å²) in [7, 11) is 0. The molecule has 1 saturated carbocycles. The van der Waals surface area contributed by atoms with Crippen LogP contribution in [0.1, 0.15) is 43.7 Å². The zero-order valence-electron chi connectivity index (χ0n) is 11.7. The van der Waals surface area contributed by atoms with Crippen LogP contribution >= 0.6 is 0 Å². The fourth-order valence-corrected chi connectivity index (χ4v) is 3.15. The third kappa shape index (κ3) is 2.99. The molecule has 1 heterocycles. The maximum absolute atomic E-state index is 12.6. The van der Waals surface area contributed by atoms with Crippen LogP contribution in [0.3, 0.4) is 0 Å². The van der Waals surface area contributed by atoms with Crippen LogP contribution in [0.5, 0.6) is 0 Å². The van der Waals surface area contributed by atoms with Crippen LogP contribution in [-0.4, -0.2) is 4.57 Å². The first-order valence-corrected chi connectivity index (χ1v) is 7.40. The van der Waals surface area contributed by atoms with Gasteiger partial charge in [-0.25, -0.2) is 0 Å². The van der Waals surface area contributed by atoms with Crippen LogP contribution < -0.4 is 0 Å². The molecule has 1 aliphatic carbocycles. The van der Waals surface area contributed by atoms with Crippen molar-refractivity contribution in [2.75, 3.05) is 0 Å². The first kappa shape index (κ1) is 14.2. The molecule has 3 rings (SSSR count). The Labute approximate surface area is 122 Å². The Balaban J connectivity index is 1.89. The van der Waals surface area contributed by atoms with Gasteiger partial charge in [0.2, 0.25) is 0 Å². The summed E-state index contributed by atoms with van der Waals surface area (Å²) in [6, 6.07) is 9.89. The highest BCUT2D eigenvalue weighted by Crippen LogP contribution is 2.34. The van der Waals surface area contributed by atoms with Crippen LogP contribution in [0, 0.1) is 0 Å². The number of hydrogen-bond donors (Lipinski definition) is 0. The average Bonchev–Trinajstić information content (AvgIpc) is 2.97. The zero-order valence-corrected chi connectivity index (χ0v) is 11.7. The zero-order chi connectivity index (χ0) is 14.9. The van der Waals surface area contributed by atoms with Gasteiger partial charge in [-0.2, -0.15) is 13.2 Å². The van der Waals surface area contributed by atoms with E-state index in [1.54, 1.807) is 12.1 Å². The van der Waals surface area contributed by atoms with Crippen LogP contribution in [0.25, 0.3) is 11.3 Å². The van der Waals surface area contributed by atoms with Crippen LogP contribution in [-0.2, 0) is 6.18 Å². The van der Waals surface area contributed by atoms with E-state index in [2.05, 4.69) is 4.57 Å². The van der Waals surface area contributed by atoms with Gasteiger partial charge in [0.1, 0.15) is 0 Å². The molecule has 112 valence electrons. The van der Waals surface area contributed by atoms with E-state index in [1.165, 1.54) is 19.3 Å². The molecular weight excluding hydrogens is 275 g/mol. The van der Waals surface area contributed by atoms with Crippen molar-refractivity contribution in [3.63, 3.8) is 0 Å². The molecule has 1 aromatic heterocycles. The second-order valence-corrected chi connectivity index (χ2v) is 5.67. The van der Waals surface area contributed by atoms with Gasteiger partial charge in [0, 0.05) is 17.9 Å². The van der Waals surface area contributed by atoms with Gasteiger partial charge in [0.25, 0.3) is 0 Å². The summed E-state index contributed by atoms with van der Waals surface area (Å²) in [5, 5.41) is 0. The first-order chi connectivity index (χ1) is 10.1. The molecule has 2 aromatic rings. The molecule has 0 atom stereocenters. The normalized spacial score (nSPS) is 17.1. The molecule has 0 unspecified atom stereocenters. The van der Waals surface area contributed by atoms with Gasteiger partial charge in [-0.15, -0.1) is 0 Å². The Kier molecular flexibility index (Phi) is 3.79. The van der Waals surface area contributed by atoms with Gasteiger partial charge in [-0.1, -0.05) is 31.4 Å². The molecule has 21 heavy (non-hydrogen) atoms. The minimum atomic E-state index is -4.27. The summed E-state index contributed by atoms with van der Waals surface area (Å²) < 4.78 is 40.1. The van der Waals surface area contributed by atoms with E-state index < -0.39 is 11.7 Å². The Hall–Kier alpha value is -1.71. The van der Waals surface area contributed by atoms with Crippen LogP contribution in [0.2, 0.25) is 0 Å². The molecule has 0 amide bonds. The van der Waals surface area contributed by atoms with E-state index in [4.69, 9.17) is 0 Å². The average molecular weight is 293 g/mol. The summed E-state index contributed by atoms with van der Waals surface area (Å²) >= 11 is 0. The third-order valence-corrected chi connectivity index (χ3v) is 4.26. The minimum absolute atomic E-state index is 0.478. The number of benzene rings is 1. The maximum Gasteiger partial charge on any atom is 0.416 e. The summed E-state index contributed by atoms with van der Waals surface area (Å²) in [6.45, 7) is 0. The molecule has 0 spiro atoms. The quantitative estimate of drug-likeness (QED) is 0.671. The summed E-state index contributed by atoms with van der Waals surface area (Å²) in [5.41, 5.74) is 1.26. The lowest BCUT2D eigenvalue weighted by atomic mass is 9.95. The maximum atomic E-state index is 12.6. The molecule has 0 N–H and O–H groups in total. The second-order valence-electron chi connectivity index (χ2n) is 5.67. The highest BCUT2D eigenvalue weighted by Gasteiger charge is 2.30. The molecule has 1 nitrogen and oxygen atoms in total. The van der Waals surface area contributed by atoms with E-state index in [9.17, 15) is 13.2 Å². The highest BCUT2D eigenvalue weighted by molar-refractivity contribution is 5.60. The number of halogens is 3. The van der Waals surface area contributed by atoms with Crippen LogP contribution in [0.4, 0.5) is 13.2 Å². The Morgan fingerprint density at radius 1 is 0.905 bits per heavy atom. The largest absolute Gasteiger partial charge is 0.416 e. The Morgan fingerprint density at radius 2 is 1.57 bits per heavy atom. The van der Waals surface area contributed by atoms with Crippen molar-refractivity contribution in [1.29, 1.82) is 0 Å². The van der Waals surface area contributed by atoms with E-state index in [0.717, 1.165) is 36.2 Å². The molecule has 0 radical (unpaired) electrons. The molecule has 1 aliphatic rings. The number of nitrogens with zero attached hydrogens (tertiary/aromatic N) is 1. The van der Waals surface area contributed by atoms with E-state index >= 15 is 0 Å².